The van der Waals surface area contributed by atoms with E-state index in [2.05, 4.69) is 5.32 Å². The molecule has 0 aromatic heterocycles. The van der Waals surface area contributed by atoms with Crippen LogP contribution < -0.4 is 5.32 Å². The summed E-state index contributed by atoms with van der Waals surface area (Å²) in [6.07, 6.45) is 4.55. The molecule has 2 saturated heterocycles. The van der Waals surface area contributed by atoms with Crippen molar-refractivity contribution < 1.29 is 9.84 Å². The van der Waals surface area contributed by atoms with E-state index in [-0.39, 0.29) is 5.41 Å². The van der Waals surface area contributed by atoms with Crippen molar-refractivity contribution in [1.82, 2.24) is 5.32 Å². The van der Waals surface area contributed by atoms with E-state index in [1.165, 1.54) is 0 Å². The summed E-state index contributed by atoms with van der Waals surface area (Å²) in [7, 11) is 0. The second-order valence-corrected chi connectivity index (χ2v) is 4.66. The van der Waals surface area contributed by atoms with Gasteiger partial charge in [-0.1, -0.05) is 0 Å². The topological polar surface area (TPSA) is 41.5 Å². The average Bonchev–Trinajstić information content (AvgIpc) is 2.31. The molecule has 0 radical (unpaired) electrons. The first kappa shape index (κ1) is 10.4. The standard InChI is InChI=1S/C11H21NO2/c13-9-11(3-5-12-6-4-11)10-1-7-14-8-2-10/h10,12-13H,1-9H2. The summed E-state index contributed by atoms with van der Waals surface area (Å²) in [6, 6.07) is 0. The SMILES string of the molecule is OCC1(C2CCOCC2)CCNCC1. The smallest absolute Gasteiger partial charge is 0.0491 e. The number of rotatable bonds is 2. The van der Waals surface area contributed by atoms with Crippen molar-refractivity contribution in [2.45, 2.75) is 25.7 Å². The normalized spacial score (nSPS) is 28.9. The Morgan fingerprint density at radius 2 is 1.86 bits per heavy atom. The van der Waals surface area contributed by atoms with E-state index >= 15 is 0 Å². The quantitative estimate of drug-likeness (QED) is 0.690. The number of aliphatic hydroxyl groups is 1. The maximum Gasteiger partial charge on any atom is 0.0491 e. The molecule has 0 unspecified atom stereocenters. The van der Waals surface area contributed by atoms with Gasteiger partial charge in [0, 0.05) is 19.8 Å². The average molecular weight is 199 g/mol. The first-order valence-electron chi connectivity index (χ1n) is 5.77. The monoisotopic (exact) mass is 199 g/mol. The number of hydrogen-bond acceptors (Lipinski definition) is 3. The Balaban J connectivity index is 2.01. The lowest BCUT2D eigenvalue weighted by molar-refractivity contribution is -0.0337. The Hall–Kier alpha value is -0.120. The van der Waals surface area contributed by atoms with Crippen LogP contribution in [0.1, 0.15) is 25.7 Å². The Morgan fingerprint density at radius 1 is 1.21 bits per heavy atom. The Bertz CT molecular complexity index is 172. The van der Waals surface area contributed by atoms with Gasteiger partial charge in [0.25, 0.3) is 0 Å². The van der Waals surface area contributed by atoms with Gasteiger partial charge in [0.15, 0.2) is 0 Å². The van der Waals surface area contributed by atoms with Gasteiger partial charge in [0.2, 0.25) is 0 Å². The highest BCUT2D eigenvalue weighted by atomic mass is 16.5. The maximum atomic E-state index is 9.63. The lowest BCUT2D eigenvalue weighted by Gasteiger charge is -2.44. The van der Waals surface area contributed by atoms with Gasteiger partial charge in [-0.05, 0) is 50.1 Å². The van der Waals surface area contributed by atoms with Crippen LogP contribution in [0, 0.1) is 11.3 Å². The zero-order valence-electron chi connectivity index (χ0n) is 8.80. The molecular formula is C11H21NO2. The third-order valence-electron chi connectivity index (χ3n) is 4.00. The highest BCUT2D eigenvalue weighted by molar-refractivity contribution is 4.90. The van der Waals surface area contributed by atoms with Crippen LogP contribution in [0.25, 0.3) is 0 Å². The second kappa shape index (κ2) is 4.60. The van der Waals surface area contributed by atoms with E-state index in [1.807, 2.05) is 0 Å². The molecule has 0 spiro atoms. The van der Waals surface area contributed by atoms with Crippen LogP contribution in [0.5, 0.6) is 0 Å². The number of aliphatic hydroxyl groups excluding tert-OH is 1. The van der Waals surface area contributed by atoms with Crippen LogP contribution in [-0.2, 0) is 4.74 Å². The van der Waals surface area contributed by atoms with Crippen molar-refractivity contribution in [2.75, 3.05) is 32.9 Å². The fraction of sp³-hybridized carbons (Fsp3) is 1.00. The van der Waals surface area contributed by atoms with Crippen LogP contribution in [0.3, 0.4) is 0 Å². The molecule has 0 atom stereocenters. The molecule has 14 heavy (non-hydrogen) atoms. The van der Waals surface area contributed by atoms with Gasteiger partial charge in [-0.15, -0.1) is 0 Å². The number of piperidine rings is 1. The van der Waals surface area contributed by atoms with Crippen molar-refractivity contribution in [3.63, 3.8) is 0 Å². The molecule has 2 aliphatic rings. The molecule has 3 heteroatoms. The molecule has 0 aromatic carbocycles. The van der Waals surface area contributed by atoms with Gasteiger partial charge in [0.1, 0.15) is 0 Å². The summed E-state index contributed by atoms with van der Waals surface area (Å²) in [5.74, 6) is 0.684. The molecule has 0 aliphatic carbocycles. The van der Waals surface area contributed by atoms with Crippen molar-refractivity contribution in [2.24, 2.45) is 11.3 Å². The minimum absolute atomic E-state index is 0.203. The van der Waals surface area contributed by atoms with Crippen LogP contribution in [0.2, 0.25) is 0 Å². The highest BCUT2D eigenvalue weighted by Gasteiger charge is 2.39. The van der Waals surface area contributed by atoms with Gasteiger partial charge in [-0.25, -0.2) is 0 Å². The third-order valence-corrected chi connectivity index (χ3v) is 4.00. The molecule has 2 fully saturated rings. The summed E-state index contributed by atoms with van der Waals surface area (Å²) >= 11 is 0. The molecule has 3 nitrogen and oxygen atoms in total. The predicted molar refractivity (Wildman–Crippen MR) is 55.2 cm³/mol. The minimum Gasteiger partial charge on any atom is -0.396 e. The molecule has 0 saturated carbocycles. The fourth-order valence-corrected chi connectivity index (χ4v) is 2.93. The van der Waals surface area contributed by atoms with Crippen molar-refractivity contribution in [3.05, 3.63) is 0 Å². The fourth-order valence-electron chi connectivity index (χ4n) is 2.93. The lowest BCUT2D eigenvalue weighted by Crippen LogP contribution is -2.45. The van der Waals surface area contributed by atoms with E-state index in [9.17, 15) is 5.11 Å². The molecule has 0 bridgehead atoms. The first-order valence-corrected chi connectivity index (χ1v) is 5.77. The third kappa shape index (κ3) is 1.95. The van der Waals surface area contributed by atoms with Crippen molar-refractivity contribution in [3.8, 4) is 0 Å². The number of ether oxygens (including phenoxy) is 1. The Labute approximate surface area is 85.8 Å². The van der Waals surface area contributed by atoms with Crippen LogP contribution in [0.15, 0.2) is 0 Å². The van der Waals surface area contributed by atoms with E-state index in [1.54, 1.807) is 0 Å². The first-order chi connectivity index (χ1) is 6.87. The molecular weight excluding hydrogens is 178 g/mol. The maximum absolute atomic E-state index is 9.63. The Morgan fingerprint density at radius 3 is 2.43 bits per heavy atom. The van der Waals surface area contributed by atoms with Gasteiger partial charge >= 0.3 is 0 Å². The predicted octanol–water partition coefficient (Wildman–Crippen LogP) is 0.775. The van der Waals surface area contributed by atoms with Gasteiger partial charge in [-0.3, -0.25) is 0 Å². The van der Waals surface area contributed by atoms with E-state index in [0.29, 0.717) is 12.5 Å². The van der Waals surface area contributed by atoms with Gasteiger partial charge < -0.3 is 15.2 Å². The Kier molecular flexibility index (Phi) is 3.42. The largest absolute Gasteiger partial charge is 0.396 e. The molecule has 0 aromatic rings. The van der Waals surface area contributed by atoms with Crippen LogP contribution >= 0.6 is 0 Å². The van der Waals surface area contributed by atoms with Crippen LogP contribution in [0.4, 0.5) is 0 Å². The van der Waals surface area contributed by atoms with E-state index in [4.69, 9.17) is 4.74 Å². The summed E-state index contributed by atoms with van der Waals surface area (Å²) in [4.78, 5) is 0. The minimum atomic E-state index is 0.203. The van der Waals surface area contributed by atoms with Gasteiger partial charge in [-0.2, -0.15) is 0 Å². The van der Waals surface area contributed by atoms with Crippen LogP contribution in [-0.4, -0.2) is 38.0 Å². The van der Waals surface area contributed by atoms with Crippen molar-refractivity contribution in [1.29, 1.82) is 0 Å². The number of nitrogens with one attached hydrogen (secondary N) is 1. The molecule has 0 amide bonds. The molecule has 2 heterocycles. The van der Waals surface area contributed by atoms with Crippen molar-refractivity contribution >= 4 is 0 Å². The zero-order chi connectivity index (χ0) is 9.86. The zero-order valence-corrected chi connectivity index (χ0v) is 8.80. The summed E-state index contributed by atoms with van der Waals surface area (Å²) in [6.45, 7) is 4.27. The van der Waals surface area contributed by atoms with E-state index in [0.717, 1.165) is 52.0 Å². The molecule has 2 rings (SSSR count). The summed E-state index contributed by atoms with van der Waals surface area (Å²) in [5.41, 5.74) is 0.203. The van der Waals surface area contributed by atoms with E-state index < -0.39 is 0 Å². The lowest BCUT2D eigenvalue weighted by atomic mass is 9.67. The molecule has 2 aliphatic heterocycles. The van der Waals surface area contributed by atoms with Gasteiger partial charge in [0.05, 0.1) is 0 Å². The molecule has 82 valence electrons. The second-order valence-electron chi connectivity index (χ2n) is 4.66. The number of hydrogen-bond donors (Lipinski definition) is 2. The highest BCUT2D eigenvalue weighted by Crippen LogP contribution is 2.41. The molecule has 2 N–H and O–H groups in total. The summed E-state index contributed by atoms with van der Waals surface area (Å²) < 4.78 is 5.38. The summed E-state index contributed by atoms with van der Waals surface area (Å²) in [5, 5.41) is 13.0.